The van der Waals surface area contributed by atoms with E-state index in [1.165, 1.54) is 22.7 Å². The van der Waals surface area contributed by atoms with Crippen molar-refractivity contribution in [2.75, 3.05) is 44.2 Å². The van der Waals surface area contributed by atoms with Crippen molar-refractivity contribution in [2.24, 2.45) is 0 Å². The Morgan fingerprint density at radius 3 is 2.16 bits per heavy atom. The van der Waals surface area contributed by atoms with Crippen molar-refractivity contribution in [3.63, 3.8) is 0 Å². The summed E-state index contributed by atoms with van der Waals surface area (Å²) in [5.74, 6) is 0.930. The lowest BCUT2D eigenvalue weighted by Crippen LogP contribution is -2.51. The Morgan fingerprint density at radius 1 is 0.842 bits per heavy atom. The van der Waals surface area contributed by atoms with Crippen LogP contribution in [0.4, 0.5) is 5.13 Å². The van der Waals surface area contributed by atoms with Gasteiger partial charge in [0.05, 0.1) is 6.54 Å². The van der Waals surface area contributed by atoms with Crippen LogP contribution in [-0.4, -0.2) is 64.3 Å². The molecule has 4 aromatic rings. The van der Waals surface area contributed by atoms with Gasteiger partial charge in [-0.2, -0.15) is 4.37 Å². The fraction of sp³-hybridized carbons (Fsp3) is 0.258. The van der Waals surface area contributed by atoms with Crippen LogP contribution in [-0.2, 0) is 17.8 Å². The quantitative estimate of drug-likeness (QED) is 0.293. The molecule has 2 heterocycles. The molecule has 38 heavy (non-hydrogen) atoms. The van der Waals surface area contributed by atoms with Crippen molar-refractivity contribution in [1.29, 1.82) is 0 Å². The van der Waals surface area contributed by atoms with E-state index in [-0.39, 0.29) is 5.91 Å². The molecule has 0 aliphatic carbocycles. The molecule has 1 amide bonds. The number of anilines is 1. The van der Waals surface area contributed by atoms with Crippen LogP contribution in [0.3, 0.4) is 0 Å². The monoisotopic (exact) mass is 523 g/mol. The van der Waals surface area contributed by atoms with Gasteiger partial charge in [0, 0.05) is 57.2 Å². The van der Waals surface area contributed by atoms with Gasteiger partial charge in [-0.1, -0.05) is 103 Å². The number of carbonyl (C=O) groups excluding carboxylic acids is 1. The Labute approximate surface area is 229 Å². The van der Waals surface area contributed by atoms with E-state index >= 15 is 0 Å². The molecule has 6 nitrogen and oxygen atoms in total. The standard InChI is InChI=1S/C31H33N5OS/c37-30(35-21-19-34(20-22-35)18-10-17-26-11-4-1-5-12-26)25-36(24-28-15-8-3-9-16-28)31-32-29(33-38-31)23-27-13-6-2-7-14-27/h1-17H,18-25H2. The molecule has 1 aliphatic rings. The average Bonchev–Trinajstić information content (AvgIpc) is 3.43. The molecule has 0 radical (unpaired) electrons. The normalized spacial score (nSPS) is 14.2. The van der Waals surface area contributed by atoms with E-state index in [2.05, 4.69) is 74.9 Å². The highest BCUT2D eigenvalue weighted by Gasteiger charge is 2.24. The molecule has 0 atom stereocenters. The zero-order valence-electron chi connectivity index (χ0n) is 21.5. The molecule has 1 saturated heterocycles. The third-order valence-corrected chi connectivity index (χ3v) is 7.49. The van der Waals surface area contributed by atoms with E-state index in [0.717, 1.165) is 49.2 Å². The molecule has 5 rings (SSSR count). The van der Waals surface area contributed by atoms with Crippen LogP contribution in [0.2, 0.25) is 0 Å². The molecule has 7 heteroatoms. The van der Waals surface area contributed by atoms with E-state index in [1.807, 2.05) is 47.4 Å². The van der Waals surface area contributed by atoms with Crippen LogP contribution in [0.15, 0.2) is 97.1 Å². The van der Waals surface area contributed by atoms with Crippen molar-refractivity contribution in [1.82, 2.24) is 19.2 Å². The number of nitrogens with zero attached hydrogens (tertiary/aromatic N) is 5. The fourth-order valence-corrected chi connectivity index (χ4v) is 5.25. The smallest absolute Gasteiger partial charge is 0.242 e. The molecule has 0 bridgehead atoms. The van der Waals surface area contributed by atoms with Gasteiger partial charge in [0.1, 0.15) is 5.82 Å². The predicted octanol–water partition coefficient (Wildman–Crippen LogP) is 4.99. The number of benzene rings is 3. The van der Waals surface area contributed by atoms with Crippen LogP contribution >= 0.6 is 11.5 Å². The van der Waals surface area contributed by atoms with Gasteiger partial charge in [0.25, 0.3) is 0 Å². The summed E-state index contributed by atoms with van der Waals surface area (Å²) in [6.07, 6.45) is 5.05. The summed E-state index contributed by atoms with van der Waals surface area (Å²) in [5.41, 5.74) is 3.54. The Morgan fingerprint density at radius 2 is 1.47 bits per heavy atom. The van der Waals surface area contributed by atoms with E-state index in [9.17, 15) is 4.79 Å². The molecule has 1 aliphatic heterocycles. The predicted molar refractivity (Wildman–Crippen MR) is 155 cm³/mol. The summed E-state index contributed by atoms with van der Waals surface area (Å²) in [4.78, 5) is 24.7. The number of rotatable bonds is 10. The average molecular weight is 524 g/mol. The summed E-state index contributed by atoms with van der Waals surface area (Å²) in [7, 11) is 0. The van der Waals surface area contributed by atoms with E-state index in [0.29, 0.717) is 19.5 Å². The Bertz CT molecular complexity index is 1300. The topological polar surface area (TPSA) is 52.6 Å². The van der Waals surface area contributed by atoms with Gasteiger partial charge in [-0.3, -0.25) is 9.69 Å². The second kappa shape index (κ2) is 13.1. The molecule has 0 spiro atoms. The number of piperazine rings is 1. The lowest BCUT2D eigenvalue weighted by Gasteiger charge is -2.35. The highest BCUT2D eigenvalue weighted by atomic mass is 32.1. The molecule has 0 N–H and O–H groups in total. The minimum Gasteiger partial charge on any atom is -0.339 e. The maximum Gasteiger partial charge on any atom is 0.242 e. The molecule has 194 valence electrons. The first-order chi connectivity index (χ1) is 18.7. The van der Waals surface area contributed by atoms with Crippen molar-refractivity contribution >= 4 is 28.6 Å². The first kappa shape index (κ1) is 25.8. The van der Waals surface area contributed by atoms with Crippen molar-refractivity contribution < 1.29 is 4.79 Å². The molecule has 1 fully saturated rings. The van der Waals surface area contributed by atoms with E-state index in [4.69, 9.17) is 4.98 Å². The van der Waals surface area contributed by atoms with Crippen LogP contribution < -0.4 is 4.90 Å². The van der Waals surface area contributed by atoms with Gasteiger partial charge < -0.3 is 9.80 Å². The van der Waals surface area contributed by atoms with Gasteiger partial charge in [-0.25, -0.2) is 4.98 Å². The summed E-state index contributed by atoms with van der Waals surface area (Å²) in [6, 6.07) is 30.8. The van der Waals surface area contributed by atoms with Gasteiger partial charge in [-0.05, 0) is 16.7 Å². The first-order valence-corrected chi connectivity index (χ1v) is 13.9. The molecule has 3 aromatic carbocycles. The Kier molecular flexibility index (Phi) is 8.92. The molecular weight excluding hydrogens is 490 g/mol. The molecular formula is C31H33N5OS. The molecule has 0 saturated carbocycles. The third-order valence-electron chi connectivity index (χ3n) is 6.67. The van der Waals surface area contributed by atoms with Gasteiger partial charge in [-0.15, -0.1) is 0 Å². The van der Waals surface area contributed by atoms with Crippen LogP contribution in [0, 0.1) is 0 Å². The van der Waals surface area contributed by atoms with Crippen molar-refractivity contribution in [2.45, 2.75) is 13.0 Å². The number of aromatic nitrogens is 2. The summed E-state index contributed by atoms with van der Waals surface area (Å²) < 4.78 is 4.61. The highest BCUT2D eigenvalue weighted by Crippen LogP contribution is 2.22. The number of hydrogen-bond acceptors (Lipinski definition) is 6. The number of hydrogen-bond donors (Lipinski definition) is 0. The summed E-state index contributed by atoms with van der Waals surface area (Å²) >= 11 is 1.37. The minimum atomic E-state index is 0.139. The molecule has 1 aromatic heterocycles. The van der Waals surface area contributed by atoms with Crippen LogP contribution in [0.5, 0.6) is 0 Å². The highest BCUT2D eigenvalue weighted by molar-refractivity contribution is 7.09. The lowest BCUT2D eigenvalue weighted by molar-refractivity contribution is -0.131. The maximum absolute atomic E-state index is 13.4. The summed E-state index contributed by atoms with van der Waals surface area (Å²) in [6.45, 7) is 5.05. The summed E-state index contributed by atoms with van der Waals surface area (Å²) in [5, 5.41) is 0.790. The third kappa shape index (κ3) is 7.37. The first-order valence-electron chi connectivity index (χ1n) is 13.1. The van der Waals surface area contributed by atoms with Crippen LogP contribution in [0.1, 0.15) is 22.5 Å². The Hall–Kier alpha value is -3.81. The second-order valence-corrected chi connectivity index (χ2v) is 10.2. The zero-order valence-corrected chi connectivity index (χ0v) is 22.3. The van der Waals surface area contributed by atoms with Crippen LogP contribution in [0.25, 0.3) is 6.08 Å². The van der Waals surface area contributed by atoms with Gasteiger partial charge in [0.2, 0.25) is 11.0 Å². The molecule has 0 unspecified atom stereocenters. The second-order valence-electron chi connectivity index (χ2n) is 9.49. The number of amides is 1. The largest absolute Gasteiger partial charge is 0.339 e. The minimum absolute atomic E-state index is 0.139. The van der Waals surface area contributed by atoms with Gasteiger partial charge >= 0.3 is 0 Å². The Balaban J connectivity index is 1.19. The van der Waals surface area contributed by atoms with E-state index < -0.39 is 0 Å². The maximum atomic E-state index is 13.4. The van der Waals surface area contributed by atoms with Crippen molar-refractivity contribution in [3.05, 3.63) is 120 Å². The van der Waals surface area contributed by atoms with E-state index in [1.54, 1.807) is 0 Å². The van der Waals surface area contributed by atoms with Crippen molar-refractivity contribution in [3.8, 4) is 0 Å². The lowest BCUT2D eigenvalue weighted by atomic mass is 10.1. The van der Waals surface area contributed by atoms with Gasteiger partial charge in [0.15, 0.2) is 0 Å². The zero-order chi connectivity index (χ0) is 26.0. The number of carbonyl (C=O) groups is 1. The fourth-order valence-electron chi connectivity index (χ4n) is 4.56. The SMILES string of the molecule is O=C(CN(Cc1ccccc1)c1nc(Cc2ccccc2)ns1)N1CCN(CC=Cc2ccccc2)CC1.